The molecule has 0 saturated carbocycles. The lowest BCUT2D eigenvalue weighted by Crippen LogP contribution is -2.33. The van der Waals surface area contributed by atoms with Gasteiger partial charge in [-0.2, -0.15) is 0 Å². The predicted octanol–water partition coefficient (Wildman–Crippen LogP) is 3.14. The smallest absolute Gasteiger partial charge is 0.253 e. The summed E-state index contributed by atoms with van der Waals surface area (Å²) in [6.07, 6.45) is 0. The summed E-state index contributed by atoms with van der Waals surface area (Å²) in [5.74, 6) is 2.03. The van der Waals surface area contributed by atoms with E-state index in [0.717, 1.165) is 36.6 Å². The van der Waals surface area contributed by atoms with E-state index in [-0.39, 0.29) is 5.91 Å². The minimum Gasteiger partial charge on any atom is -0.497 e. The lowest BCUT2D eigenvalue weighted by Gasteiger charge is -2.27. The van der Waals surface area contributed by atoms with Gasteiger partial charge in [0, 0.05) is 56.9 Å². The monoisotopic (exact) mass is 379 g/mol. The van der Waals surface area contributed by atoms with Gasteiger partial charge in [0.2, 0.25) is 0 Å². The molecule has 0 spiro atoms. The minimum atomic E-state index is 0.149. The van der Waals surface area contributed by atoms with Gasteiger partial charge in [0.1, 0.15) is 5.75 Å². The third-order valence-electron chi connectivity index (χ3n) is 6.27. The standard InChI is InChI=1S/C23H29N3O2/c1-24(2)19-9-5-17(6-10-19)23(27)26-14-18-13-25(3)22(21(18)15-26)16-7-11-20(28-4)12-8-16/h5-12,18,21-22H,13-15H2,1-4H3/t18-,21+,22+/m0/s1. The molecular weight excluding hydrogens is 350 g/mol. The molecule has 28 heavy (non-hydrogen) atoms. The zero-order chi connectivity index (χ0) is 19.8. The van der Waals surface area contributed by atoms with E-state index in [9.17, 15) is 4.79 Å². The Hall–Kier alpha value is -2.53. The molecule has 2 aromatic carbocycles. The molecule has 0 unspecified atom stereocenters. The molecule has 0 N–H and O–H groups in total. The maximum atomic E-state index is 13.0. The van der Waals surface area contributed by atoms with Crippen molar-refractivity contribution in [3.63, 3.8) is 0 Å². The van der Waals surface area contributed by atoms with Crippen LogP contribution in [0.15, 0.2) is 48.5 Å². The second kappa shape index (κ2) is 7.47. The molecule has 5 heteroatoms. The molecule has 4 rings (SSSR count). The van der Waals surface area contributed by atoms with Gasteiger partial charge in [0.05, 0.1) is 7.11 Å². The van der Waals surface area contributed by atoms with Crippen LogP contribution in [0.1, 0.15) is 22.0 Å². The molecular formula is C23H29N3O2. The molecule has 2 aromatic rings. The van der Waals surface area contributed by atoms with Gasteiger partial charge in [-0.3, -0.25) is 9.69 Å². The van der Waals surface area contributed by atoms with Crippen LogP contribution in [0, 0.1) is 11.8 Å². The van der Waals surface area contributed by atoms with E-state index in [0.29, 0.717) is 17.9 Å². The van der Waals surface area contributed by atoms with Crippen LogP contribution < -0.4 is 9.64 Å². The summed E-state index contributed by atoms with van der Waals surface area (Å²) in [6.45, 7) is 2.70. The zero-order valence-corrected chi connectivity index (χ0v) is 17.1. The zero-order valence-electron chi connectivity index (χ0n) is 17.1. The van der Waals surface area contributed by atoms with Crippen LogP contribution in [-0.2, 0) is 0 Å². The first-order valence-corrected chi connectivity index (χ1v) is 9.89. The number of hydrogen-bond donors (Lipinski definition) is 0. The molecule has 148 valence electrons. The Morgan fingerprint density at radius 1 is 1.00 bits per heavy atom. The molecule has 5 nitrogen and oxygen atoms in total. The van der Waals surface area contributed by atoms with Gasteiger partial charge in [-0.1, -0.05) is 12.1 Å². The average molecular weight is 380 g/mol. The van der Waals surface area contributed by atoms with Gasteiger partial charge in [-0.05, 0) is 54.9 Å². The number of rotatable bonds is 4. The number of carbonyl (C=O) groups excluding carboxylic acids is 1. The van der Waals surface area contributed by atoms with Crippen molar-refractivity contribution >= 4 is 11.6 Å². The number of hydrogen-bond acceptors (Lipinski definition) is 4. The number of benzene rings is 2. The van der Waals surface area contributed by atoms with E-state index in [1.54, 1.807) is 7.11 Å². The van der Waals surface area contributed by atoms with Crippen molar-refractivity contribution in [3.8, 4) is 5.75 Å². The van der Waals surface area contributed by atoms with E-state index in [1.807, 2.05) is 60.3 Å². The molecule has 2 aliphatic heterocycles. The Kier molecular flexibility index (Phi) is 5.02. The first-order chi connectivity index (χ1) is 13.5. The fraction of sp³-hybridized carbons (Fsp3) is 0.435. The maximum Gasteiger partial charge on any atom is 0.253 e. The first-order valence-electron chi connectivity index (χ1n) is 9.89. The Morgan fingerprint density at radius 2 is 1.68 bits per heavy atom. The summed E-state index contributed by atoms with van der Waals surface area (Å²) in [5, 5.41) is 0. The molecule has 0 bridgehead atoms. The summed E-state index contributed by atoms with van der Waals surface area (Å²) in [5.41, 5.74) is 3.19. The van der Waals surface area contributed by atoms with Crippen LogP contribution in [0.2, 0.25) is 0 Å². The topological polar surface area (TPSA) is 36.0 Å². The normalized spacial score (nSPS) is 24.3. The Balaban J connectivity index is 1.49. The molecule has 0 aliphatic carbocycles. The van der Waals surface area contributed by atoms with Gasteiger partial charge in [-0.15, -0.1) is 0 Å². The number of methoxy groups -OCH3 is 1. The van der Waals surface area contributed by atoms with Crippen LogP contribution in [-0.4, -0.2) is 63.6 Å². The average Bonchev–Trinajstić information content (AvgIpc) is 3.24. The fourth-order valence-electron chi connectivity index (χ4n) is 4.81. The van der Waals surface area contributed by atoms with Gasteiger partial charge in [0.15, 0.2) is 0 Å². The summed E-state index contributed by atoms with van der Waals surface area (Å²) in [6, 6.07) is 16.6. The fourth-order valence-corrected chi connectivity index (χ4v) is 4.81. The number of likely N-dealkylation sites (tertiary alicyclic amines) is 2. The second-order valence-corrected chi connectivity index (χ2v) is 8.23. The van der Waals surface area contributed by atoms with E-state index >= 15 is 0 Å². The van der Waals surface area contributed by atoms with E-state index in [1.165, 1.54) is 5.56 Å². The van der Waals surface area contributed by atoms with Crippen LogP contribution in [0.4, 0.5) is 5.69 Å². The number of ether oxygens (including phenoxy) is 1. The largest absolute Gasteiger partial charge is 0.497 e. The van der Waals surface area contributed by atoms with Gasteiger partial charge in [0.25, 0.3) is 5.91 Å². The number of fused-ring (bicyclic) bond motifs is 1. The van der Waals surface area contributed by atoms with Gasteiger partial charge < -0.3 is 14.5 Å². The Morgan fingerprint density at radius 3 is 2.29 bits per heavy atom. The first kappa shape index (κ1) is 18.8. The summed E-state index contributed by atoms with van der Waals surface area (Å²) >= 11 is 0. The van der Waals surface area contributed by atoms with Crippen LogP contribution in [0.5, 0.6) is 5.75 Å². The van der Waals surface area contributed by atoms with Crippen LogP contribution >= 0.6 is 0 Å². The molecule has 1 amide bonds. The molecule has 2 heterocycles. The third kappa shape index (κ3) is 3.35. The molecule has 0 aromatic heterocycles. The highest BCUT2D eigenvalue weighted by Crippen LogP contribution is 2.44. The summed E-state index contributed by atoms with van der Waals surface area (Å²) in [4.78, 5) is 19.6. The number of nitrogens with zero attached hydrogens (tertiary/aromatic N) is 3. The van der Waals surface area contributed by atoms with Crippen molar-refractivity contribution in [1.29, 1.82) is 0 Å². The highest BCUT2D eigenvalue weighted by atomic mass is 16.5. The van der Waals surface area contributed by atoms with Crippen molar-refractivity contribution in [2.45, 2.75) is 6.04 Å². The van der Waals surface area contributed by atoms with Crippen LogP contribution in [0.3, 0.4) is 0 Å². The highest BCUT2D eigenvalue weighted by molar-refractivity contribution is 5.94. The molecule has 0 radical (unpaired) electrons. The van der Waals surface area contributed by atoms with Crippen molar-refractivity contribution in [1.82, 2.24) is 9.80 Å². The number of anilines is 1. The number of carbonyl (C=O) groups is 1. The highest BCUT2D eigenvalue weighted by Gasteiger charge is 2.47. The van der Waals surface area contributed by atoms with E-state index in [4.69, 9.17) is 4.74 Å². The molecule has 2 saturated heterocycles. The molecule has 2 aliphatic rings. The minimum absolute atomic E-state index is 0.149. The maximum absolute atomic E-state index is 13.0. The SMILES string of the molecule is COc1ccc([C@@H]2[C@@H]3CN(C(=O)c4ccc(N(C)C)cc4)C[C@@H]3CN2C)cc1. The summed E-state index contributed by atoms with van der Waals surface area (Å²) < 4.78 is 5.30. The molecule has 3 atom stereocenters. The van der Waals surface area contributed by atoms with Crippen molar-refractivity contribution in [2.24, 2.45) is 11.8 Å². The predicted molar refractivity (Wildman–Crippen MR) is 112 cm³/mol. The number of amides is 1. The second-order valence-electron chi connectivity index (χ2n) is 8.23. The van der Waals surface area contributed by atoms with E-state index < -0.39 is 0 Å². The van der Waals surface area contributed by atoms with Gasteiger partial charge >= 0.3 is 0 Å². The Bertz CT molecular complexity index is 832. The van der Waals surface area contributed by atoms with Crippen molar-refractivity contribution < 1.29 is 9.53 Å². The van der Waals surface area contributed by atoms with Crippen LogP contribution in [0.25, 0.3) is 0 Å². The molecule has 2 fully saturated rings. The summed E-state index contributed by atoms with van der Waals surface area (Å²) in [7, 11) is 7.90. The van der Waals surface area contributed by atoms with Crippen molar-refractivity contribution in [2.75, 3.05) is 52.8 Å². The van der Waals surface area contributed by atoms with Crippen molar-refractivity contribution in [3.05, 3.63) is 59.7 Å². The quantitative estimate of drug-likeness (QED) is 0.818. The third-order valence-corrected chi connectivity index (χ3v) is 6.27. The Labute approximate surface area is 167 Å². The lowest BCUT2D eigenvalue weighted by molar-refractivity contribution is 0.0768. The van der Waals surface area contributed by atoms with Gasteiger partial charge in [-0.25, -0.2) is 0 Å². The lowest BCUT2D eigenvalue weighted by atomic mass is 9.89. The van der Waals surface area contributed by atoms with E-state index in [2.05, 4.69) is 24.1 Å².